The van der Waals surface area contributed by atoms with Crippen LogP contribution in [0.1, 0.15) is 21.1 Å². The fourth-order valence-electron chi connectivity index (χ4n) is 4.82. The van der Waals surface area contributed by atoms with Gasteiger partial charge in [-0.25, -0.2) is 4.98 Å². The van der Waals surface area contributed by atoms with Crippen LogP contribution in [0.25, 0.3) is 17.1 Å². The first-order valence-electron chi connectivity index (χ1n) is 13.5. The zero-order valence-electron chi connectivity index (χ0n) is 23.1. The van der Waals surface area contributed by atoms with Crippen LogP contribution < -0.4 is 4.90 Å². The van der Waals surface area contributed by atoms with Crippen LogP contribution in [0.2, 0.25) is 5.02 Å². The summed E-state index contributed by atoms with van der Waals surface area (Å²) in [4.78, 5) is 32.3. The molecule has 43 heavy (non-hydrogen) atoms. The van der Waals surface area contributed by atoms with Gasteiger partial charge in [-0.2, -0.15) is 0 Å². The van der Waals surface area contributed by atoms with Crippen LogP contribution in [0.4, 0.5) is 11.4 Å². The summed E-state index contributed by atoms with van der Waals surface area (Å²) in [6.07, 6.45) is 0. The third-order valence-electron chi connectivity index (χ3n) is 7.13. The maximum atomic E-state index is 13.2. The van der Waals surface area contributed by atoms with Gasteiger partial charge in [-0.05, 0) is 43.3 Å². The maximum absolute atomic E-state index is 13.2. The van der Waals surface area contributed by atoms with Crippen molar-refractivity contribution in [3.05, 3.63) is 110 Å². The van der Waals surface area contributed by atoms with Gasteiger partial charge < -0.3 is 9.80 Å². The van der Waals surface area contributed by atoms with Crippen molar-refractivity contribution in [2.75, 3.05) is 31.1 Å². The summed E-state index contributed by atoms with van der Waals surface area (Å²) >= 11 is 9.47. The molecule has 3 aromatic carbocycles. The fraction of sp³-hybridized carbons (Fsp3) is 0.200. The molecule has 0 atom stereocenters. The topological polar surface area (TPSA) is 110 Å². The van der Waals surface area contributed by atoms with E-state index in [1.54, 1.807) is 22.4 Å². The Bertz CT molecular complexity index is 1770. The van der Waals surface area contributed by atoms with E-state index in [1.165, 1.54) is 35.2 Å². The lowest BCUT2D eigenvalue weighted by atomic mass is 10.2. The molecule has 0 aliphatic carbocycles. The average molecular weight is 632 g/mol. The predicted octanol–water partition coefficient (Wildman–Crippen LogP) is 6.52. The number of rotatable bonds is 8. The van der Waals surface area contributed by atoms with Crippen molar-refractivity contribution >= 4 is 52.0 Å². The smallest absolute Gasteiger partial charge is 0.273 e. The molecular formula is C30H26ClN7O3S2. The lowest BCUT2D eigenvalue weighted by Crippen LogP contribution is -2.48. The first-order valence-corrected chi connectivity index (χ1v) is 15.7. The molecule has 13 heteroatoms. The normalized spacial score (nSPS) is 13.3. The summed E-state index contributed by atoms with van der Waals surface area (Å²) in [5, 5.41) is 23.8. The van der Waals surface area contributed by atoms with E-state index in [9.17, 15) is 14.9 Å². The molecule has 0 N–H and O–H groups in total. The van der Waals surface area contributed by atoms with Crippen molar-refractivity contribution in [3.63, 3.8) is 0 Å². The SMILES string of the molecule is Cc1ccc(-n2c(SCc3nc(C(=O)N4CCN(c5ccc([N+](=O)[O-])cc5)CC4)cs3)nnc2-c2ccccc2Cl)cc1. The molecule has 10 nitrogen and oxygen atoms in total. The largest absolute Gasteiger partial charge is 0.368 e. The highest BCUT2D eigenvalue weighted by Crippen LogP contribution is 2.33. The van der Waals surface area contributed by atoms with Crippen molar-refractivity contribution in [1.29, 1.82) is 0 Å². The Morgan fingerprint density at radius 3 is 2.37 bits per heavy atom. The number of non-ortho nitro benzene ring substituents is 1. The Hall–Kier alpha value is -4.26. The number of hydrogen-bond acceptors (Lipinski definition) is 9. The van der Waals surface area contributed by atoms with E-state index in [2.05, 4.69) is 20.1 Å². The van der Waals surface area contributed by atoms with Crippen LogP contribution in [0.15, 0.2) is 83.3 Å². The Morgan fingerprint density at radius 1 is 0.977 bits per heavy atom. The number of amides is 1. The molecule has 1 amide bonds. The maximum Gasteiger partial charge on any atom is 0.273 e. The number of carbonyl (C=O) groups excluding carboxylic acids is 1. The second-order valence-corrected chi connectivity index (χ2v) is 12.2. The van der Waals surface area contributed by atoms with Gasteiger partial charge in [0.2, 0.25) is 0 Å². The van der Waals surface area contributed by atoms with Gasteiger partial charge in [0, 0.05) is 60.6 Å². The summed E-state index contributed by atoms with van der Waals surface area (Å²) in [5.74, 6) is 1.08. The third kappa shape index (κ3) is 6.26. The van der Waals surface area contributed by atoms with E-state index in [4.69, 9.17) is 11.6 Å². The van der Waals surface area contributed by atoms with Crippen molar-refractivity contribution in [3.8, 4) is 17.1 Å². The van der Waals surface area contributed by atoms with Crippen LogP contribution in [0.5, 0.6) is 0 Å². The monoisotopic (exact) mass is 631 g/mol. The number of halogens is 1. The minimum absolute atomic E-state index is 0.0616. The van der Waals surface area contributed by atoms with Crippen molar-refractivity contribution in [1.82, 2.24) is 24.6 Å². The molecule has 3 heterocycles. The van der Waals surface area contributed by atoms with E-state index in [0.717, 1.165) is 27.5 Å². The molecule has 1 saturated heterocycles. The number of hydrogen-bond donors (Lipinski definition) is 0. The lowest BCUT2D eigenvalue weighted by Gasteiger charge is -2.35. The summed E-state index contributed by atoms with van der Waals surface area (Å²) in [7, 11) is 0. The van der Waals surface area contributed by atoms with Gasteiger partial charge >= 0.3 is 0 Å². The number of aromatic nitrogens is 4. The molecule has 218 valence electrons. The molecule has 0 bridgehead atoms. The van der Waals surface area contributed by atoms with Gasteiger partial charge in [0.1, 0.15) is 10.7 Å². The number of aryl methyl sites for hydroxylation is 1. The molecule has 6 rings (SSSR count). The van der Waals surface area contributed by atoms with E-state index >= 15 is 0 Å². The number of carbonyl (C=O) groups is 1. The highest BCUT2D eigenvalue weighted by Gasteiger charge is 2.25. The minimum Gasteiger partial charge on any atom is -0.368 e. The highest BCUT2D eigenvalue weighted by molar-refractivity contribution is 7.98. The number of benzene rings is 3. The number of thiazole rings is 1. The first kappa shape index (κ1) is 28.8. The van der Waals surface area contributed by atoms with Gasteiger partial charge in [-0.1, -0.05) is 53.2 Å². The molecule has 1 aliphatic heterocycles. The second kappa shape index (κ2) is 12.5. The minimum atomic E-state index is -0.409. The number of piperazine rings is 1. The van der Waals surface area contributed by atoms with Crippen LogP contribution in [0, 0.1) is 17.0 Å². The van der Waals surface area contributed by atoms with E-state index in [1.807, 2.05) is 60.0 Å². The molecule has 0 saturated carbocycles. The number of nitro benzene ring substituents is 1. The van der Waals surface area contributed by atoms with Gasteiger partial charge in [-0.3, -0.25) is 19.5 Å². The molecule has 0 spiro atoms. The third-order valence-corrected chi connectivity index (χ3v) is 9.43. The molecule has 1 aliphatic rings. The number of anilines is 1. The quantitative estimate of drug-likeness (QED) is 0.108. The molecule has 2 aromatic heterocycles. The summed E-state index contributed by atoms with van der Waals surface area (Å²) in [6.45, 7) is 4.41. The first-order chi connectivity index (χ1) is 20.9. The van der Waals surface area contributed by atoms with Crippen LogP contribution in [-0.2, 0) is 5.75 Å². The Kier molecular flexibility index (Phi) is 8.41. The molecule has 5 aromatic rings. The van der Waals surface area contributed by atoms with Crippen molar-refractivity contribution in [2.24, 2.45) is 0 Å². The van der Waals surface area contributed by atoms with Crippen molar-refractivity contribution in [2.45, 2.75) is 17.8 Å². The molecular weight excluding hydrogens is 606 g/mol. The summed E-state index contributed by atoms with van der Waals surface area (Å²) in [6, 6.07) is 22.2. The lowest BCUT2D eigenvalue weighted by molar-refractivity contribution is -0.384. The predicted molar refractivity (Wildman–Crippen MR) is 169 cm³/mol. The van der Waals surface area contributed by atoms with E-state index in [0.29, 0.717) is 53.6 Å². The fourth-order valence-corrected chi connectivity index (χ4v) is 6.78. The molecule has 0 unspecified atom stereocenters. The Balaban J connectivity index is 1.13. The zero-order chi connectivity index (χ0) is 29.9. The number of thioether (sulfide) groups is 1. The van der Waals surface area contributed by atoms with Gasteiger partial charge in [0.05, 0.1) is 15.7 Å². The zero-order valence-corrected chi connectivity index (χ0v) is 25.5. The van der Waals surface area contributed by atoms with Crippen LogP contribution in [-0.4, -0.2) is 61.7 Å². The average Bonchev–Trinajstić information content (AvgIpc) is 3.68. The standard InChI is InChI=1S/C30H26ClN7O3S2/c1-20-6-8-22(9-7-20)37-28(24-4-2-3-5-25(24)31)33-34-30(37)43-19-27-32-26(18-42-27)29(39)36-16-14-35(15-17-36)21-10-12-23(13-11-21)38(40)41/h2-13,18H,14-17,19H2,1H3. The van der Waals surface area contributed by atoms with Crippen LogP contribution >= 0.6 is 34.7 Å². The highest BCUT2D eigenvalue weighted by atomic mass is 35.5. The van der Waals surface area contributed by atoms with Gasteiger partial charge in [0.15, 0.2) is 11.0 Å². The summed E-state index contributed by atoms with van der Waals surface area (Å²) < 4.78 is 2.00. The van der Waals surface area contributed by atoms with E-state index < -0.39 is 4.92 Å². The second-order valence-electron chi connectivity index (χ2n) is 9.92. The van der Waals surface area contributed by atoms with E-state index in [-0.39, 0.29) is 11.6 Å². The van der Waals surface area contributed by atoms with Gasteiger partial charge in [0.25, 0.3) is 11.6 Å². The molecule has 0 radical (unpaired) electrons. The van der Waals surface area contributed by atoms with Crippen molar-refractivity contribution < 1.29 is 9.72 Å². The molecule has 1 fully saturated rings. The summed E-state index contributed by atoms with van der Waals surface area (Å²) in [5.41, 5.74) is 4.27. The van der Waals surface area contributed by atoms with Crippen LogP contribution in [0.3, 0.4) is 0 Å². The van der Waals surface area contributed by atoms with Gasteiger partial charge in [-0.15, -0.1) is 21.5 Å². The number of nitro groups is 1. The Labute approximate surface area is 261 Å². The Morgan fingerprint density at radius 2 is 1.67 bits per heavy atom. The number of nitrogens with zero attached hydrogens (tertiary/aromatic N) is 7.